The van der Waals surface area contributed by atoms with E-state index in [1.807, 2.05) is 0 Å². The Morgan fingerprint density at radius 2 is 1.60 bits per heavy atom. The minimum absolute atomic E-state index is 0.136. The lowest BCUT2D eigenvalue weighted by atomic mass is 9.96. The molecular weight excluding hydrogens is 296 g/mol. The monoisotopic (exact) mass is 303 g/mol. The minimum Gasteiger partial charge on any atom is -0.479 e. The molecule has 1 unspecified atom stereocenters. The van der Waals surface area contributed by atoms with Crippen molar-refractivity contribution < 1.29 is 41.4 Å². The lowest BCUT2D eigenvalue weighted by molar-refractivity contribution is -0.149. The van der Waals surface area contributed by atoms with Crippen LogP contribution in [0.2, 0.25) is 0 Å². The van der Waals surface area contributed by atoms with E-state index in [1.165, 1.54) is 0 Å². The number of rotatable bonds is 2. The van der Waals surface area contributed by atoms with Crippen molar-refractivity contribution in [3.8, 4) is 0 Å². The highest BCUT2D eigenvalue weighted by Gasteiger charge is 2.41. The molecule has 4 N–H and O–H groups in total. The number of benzene rings is 1. The van der Waals surface area contributed by atoms with Crippen molar-refractivity contribution in [1.82, 2.24) is 0 Å². The zero-order valence-corrected chi connectivity index (χ0v) is 9.38. The summed E-state index contributed by atoms with van der Waals surface area (Å²) in [6, 6.07) is -0.158. The number of nitrogen functional groups attached to an aromatic ring is 1. The molecule has 10 heteroatoms. The van der Waals surface area contributed by atoms with Gasteiger partial charge in [-0.05, 0) is 12.1 Å². The average Bonchev–Trinajstić information content (AvgIpc) is 2.24. The molecule has 1 aromatic rings. The van der Waals surface area contributed by atoms with Gasteiger partial charge in [0, 0.05) is 11.3 Å². The normalized spacial score (nSPS) is 14.2. The number of carboxylic acid groups (broad SMARTS) is 1. The van der Waals surface area contributed by atoms with E-state index in [4.69, 9.17) is 15.9 Å². The van der Waals surface area contributed by atoms with Crippen molar-refractivity contribution >= 4 is 11.7 Å². The lowest BCUT2D eigenvalue weighted by Gasteiger charge is -2.19. The third-order valence-electron chi connectivity index (χ3n) is 2.35. The summed E-state index contributed by atoms with van der Waals surface area (Å²) in [4.78, 5) is 10.5. The Bertz CT molecular complexity index is 537. The van der Waals surface area contributed by atoms with E-state index in [0.717, 1.165) is 0 Å². The summed E-state index contributed by atoms with van der Waals surface area (Å²) in [6.45, 7) is 0. The number of alkyl halides is 6. The van der Waals surface area contributed by atoms with E-state index in [2.05, 4.69) is 0 Å². The number of anilines is 1. The van der Waals surface area contributed by atoms with Gasteiger partial charge >= 0.3 is 18.3 Å². The first kappa shape index (κ1) is 16.1. The summed E-state index contributed by atoms with van der Waals surface area (Å²) in [5.74, 6) is -2.07. The number of aliphatic carboxylic acids is 1. The van der Waals surface area contributed by atoms with Crippen molar-refractivity contribution in [2.24, 2.45) is 0 Å². The number of carboxylic acids is 1. The SMILES string of the molecule is Nc1cc(C(F)(F)F)cc(C(F)(F)F)c1C(O)C(=O)O. The molecular formula is C10H7F6NO3. The van der Waals surface area contributed by atoms with Crippen molar-refractivity contribution in [3.63, 3.8) is 0 Å². The molecule has 0 saturated carbocycles. The number of hydrogen-bond acceptors (Lipinski definition) is 3. The van der Waals surface area contributed by atoms with Crippen LogP contribution in [-0.2, 0) is 17.1 Å². The van der Waals surface area contributed by atoms with Gasteiger partial charge in [0.25, 0.3) is 0 Å². The Balaban J connectivity index is 3.64. The molecule has 0 spiro atoms. The maximum absolute atomic E-state index is 12.7. The number of hydrogen-bond donors (Lipinski definition) is 3. The van der Waals surface area contributed by atoms with Gasteiger partial charge in [-0.1, -0.05) is 0 Å². The van der Waals surface area contributed by atoms with Gasteiger partial charge in [0.2, 0.25) is 0 Å². The number of nitrogens with two attached hydrogens (primary N) is 1. The van der Waals surface area contributed by atoms with Crippen molar-refractivity contribution in [1.29, 1.82) is 0 Å². The first-order valence-electron chi connectivity index (χ1n) is 4.84. The van der Waals surface area contributed by atoms with Gasteiger partial charge in [-0.2, -0.15) is 26.3 Å². The molecule has 0 fully saturated rings. The molecule has 0 radical (unpaired) electrons. The number of carbonyl (C=O) groups is 1. The zero-order valence-electron chi connectivity index (χ0n) is 9.38. The van der Waals surface area contributed by atoms with E-state index in [1.54, 1.807) is 0 Å². The van der Waals surface area contributed by atoms with Gasteiger partial charge in [-0.25, -0.2) is 4.79 Å². The molecule has 0 amide bonds. The molecule has 4 nitrogen and oxygen atoms in total. The van der Waals surface area contributed by atoms with Crippen LogP contribution in [0.4, 0.5) is 32.0 Å². The summed E-state index contributed by atoms with van der Waals surface area (Å²) in [6.07, 6.45) is -13.1. The fourth-order valence-electron chi connectivity index (χ4n) is 1.50. The fourth-order valence-corrected chi connectivity index (χ4v) is 1.50. The summed E-state index contributed by atoms with van der Waals surface area (Å²) in [7, 11) is 0. The van der Waals surface area contributed by atoms with E-state index in [9.17, 15) is 31.1 Å². The van der Waals surface area contributed by atoms with Crippen molar-refractivity contribution in [2.45, 2.75) is 18.5 Å². The second-order valence-corrected chi connectivity index (χ2v) is 3.76. The van der Waals surface area contributed by atoms with Gasteiger partial charge in [-0.15, -0.1) is 0 Å². The molecule has 0 aromatic heterocycles. The first-order chi connectivity index (χ1) is 8.85. The molecule has 0 heterocycles. The predicted molar refractivity (Wildman–Crippen MR) is 53.5 cm³/mol. The third-order valence-corrected chi connectivity index (χ3v) is 2.35. The van der Waals surface area contributed by atoms with Gasteiger partial charge < -0.3 is 15.9 Å². The maximum Gasteiger partial charge on any atom is 0.416 e. The Morgan fingerprint density at radius 1 is 1.10 bits per heavy atom. The predicted octanol–water partition coefficient (Wildman–Crippen LogP) is 2.42. The molecule has 112 valence electrons. The lowest BCUT2D eigenvalue weighted by Crippen LogP contribution is -2.21. The molecule has 1 atom stereocenters. The van der Waals surface area contributed by atoms with Crippen molar-refractivity contribution in [3.05, 3.63) is 28.8 Å². The number of halogens is 6. The summed E-state index contributed by atoms with van der Waals surface area (Å²) in [5, 5.41) is 17.6. The first-order valence-corrected chi connectivity index (χ1v) is 4.84. The molecule has 0 aliphatic carbocycles. The van der Waals surface area contributed by atoms with Gasteiger partial charge in [0.05, 0.1) is 11.1 Å². The summed E-state index contributed by atoms with van der Waals surface area (Å²) >= 11 is 0. The highest BCUT2D eigenvalue weighted by molar-refractivity contribution is 5.78. The van der Waals surface area contributed by atoms with Crippen LogP contribution in [-0.4, -0.2) is 16.2 Å². The maximum atomic E-state index is 12.7. The Labute approximate surface area is 107 Å². The van der Waals surface area contributed by atoms with E-state index in [-0.39, 0.29) is 12.1 Å². The van der Waals surface area contributed by atoms with Crippen LogP contribution in [0, 0.1) is 0 Å². The Hall–Kier alpha value is -1.97. The van der Waals surface area contributed by atoms with Crippen LogP contribution in [0.5, 0.6) is 0 Å². The van der Waals surface area contributed by atoms with E-state index in [0.29, 0.717) is 0 Å². The van der Waals surface area contributed by atoms with Crippen LogP contribution in [0.3, 0.4) is 0 Å². The Kier molecular flexibility index (Phi) is 3.90. The van der Waals surface area contributed by atoms with E-state index >= 15 is 0 Å². The molecule has 0 saturated heterocycles. The van der Waals surface area contributed by atoms with Crippen LogP contribution in [0.25, 0.3) is 0 Å². The highest BCUT2D eigenvalue weighted by Crippen LogP contribution is 2.41. The van der Waals surface area contributed by atoms with Gasteiger partial charge in [-0.3, -0.25) is 0 Å². The fraction of sp³-hybridized carbons (Fsp3) is 0.300. The van der Waals surface area contributed by atoms with E-state index < -0.39 is 46.8 Å². The topological polar surface area (TPSA) is 83.5 Å². The molecule has 0 aliphatic rings. The molecule has 0 aliphatic heterocycles. The summed E-state index contributed by atoms with van der Waals surface area (Å²) in [5.41, 5.74) is -1.04. The van der Waals surface area contributed by atoms with Gasteiger partial charge in [0.1, 0.15) is 0 Å². The average molecular weight is 303 g/mol. The van der Waals surface area contributed by atoms with Crippen LogP contribution in [0.1, 0.15) is 22.8 Å². The molecule has 1 rings (SSSR count). The minimum atomic E-state index is -5.30. The van der Waals surface area contributed by atoms with Gasteiger partial charge in [0.15, 0.2) is 6.10 Å². The Morgan fingerprint density at radius 3 is 1.95 bits per heavy atom. The highest BCUT2D eigenvalue weighted by atomic mass is 19.4. The molecule has 1 aromatic carbocycles. The molecule has 0 bridgehead atoms. The summed E-state index contributed by atoms with van der Waals surface area (Å²) < 4.78 is 75.4. The second kappa shape index (κ2) is 4.85. The standard InChI is InChI=1S/C10H7F6NO3/c11-9(12,13)3-1-4(10(14,15)16)6(5(17)2-3)7(18)8(19)20/h1-2,7,18H,17H2,(H,19,20). The second-order valence-electron chi connectivity index (χ2n) is 3.76. The quantitative estimate of drug-likeness (QED) is 0.579. The van der Waals surface area contributed by atoms with Crippen LogP contribution in [0.15, 0.2) is 12.1 Å². The zero-order chi connectivity index (χ0) is 15.9. The molecule has 20 heavy (non-hydrogen) atoms. The smallest absolute Gasteiger partial charge is 0.416 e. The number of aliphatic hydroxyl groups excluding tert-OH is 1. The van der Waals surface area contributed by atoms with Crippen LogP contribution >= 0.6 is 0 Å². The van der Waals surface area contributed by atoms with Crippen LogP contribution < -0.4 is 5.73 Å². The largest absolute Gasteiger partial charge is 0.479 e. The van der Waals surface area contributed by atoms with Crippen molar-refractivity contribution in [2.75, 3.05) is 5.73 Å². The number of aliphatic hydroxyl groups is 1. The third kappa shape index (κ3) is 3.13.